The van der Waals surface area contributed by atoms with E-state index in [9.17, 15) is 0 Å². The molecule has 100 valence electrons. The number of hydrogen-bond acceptors (Lipinski definition) is 3. The number of amidine groups is 1. The summed E-state index contributed by atoms with van der Waals surface area (Å²) >= 11 is 5.68. The Hall–Kier alpha value is -1.73. The Morgan fingerprint density at radius 1 is 1.37 bits per heavy atom. The molecular formula is C14H17ClN4. The van der Waals surface area contributed by atoms with Crippen molar-refractivity contribution in [3.63, 3.8) is 0 Å². The van der Waals surface area contributed by atoms with E-state index >= 15 is 0 Å². The van der Waals surface area contributed by atoms with E-state index in [2.05, 4.69) is 16.0 Å². The first-order valence-electron chi connectivity index (χ1n) is 6.42. The minimum absolute atomic E-state index is 0.191. The fourth-order valence-electron chi connectivity index (χ4n) is 2.27. The molecule has 1 aromatic rings. The van der Waals surface area contributed by atoms with E-state index in [1.165, 1.54) is 19.3 Å². The molecule has 4 nitrogen and oxygen atoms in total. The number of benzene rings is 1. The number of hydrogen-bond donors (Lipinski definition) is 1. The van der Waals surface area contributed by atoms with Crippen molar-refractivity contribution in [2.45, 2.75) is 19.3 Å². The van der Waals surface area contributed by atoms with Crippen molar-refractivity contribution < 1.29 is 0 Å². The van der Waals surface area contributed by atoms with Crippen LogP contribution in [0.15, 0.2) is 23.2 Å². The summed E-state index contributed by atoms with van der Waals surface area (Å²) in [4.78, 5) is 6.63. The molecule has 2 rings (SSSR count). The highest BCUT2D eigenvalue weighted by Gasteiger charge is 2.15. The van der Waals surface area contributed by atoms with Gasteiger partial charge >= 0.3 is 0 Å². The highest BCUT2D eigenvalue weighted by molar-refractivity contribution is 6.28. The van der Waals surface area contributed by atoms with Crippen LogP contribution < -0.4 is 10.6 Å². The Labute approximate surface area is 118 Å². The van der Waals surface area contributed by atoms with Gasteiger partial charge < -0.3 is 10.6 Å². The maximum absolute atomic E-state index is 8.99. The third kappa shape index (κ3) is 3.39. The van der Waals surface area contributed by atoms with Crippen molar-refractivity contribution >= 4 is 28.8 Å². The molecule has 0 saturated carbocycles. The van der Waals surface area contributed by atoms with Crippen LogP contribution in [0.3, 0.4) is 0 Å². The molecule has 1 heterocycles. The standard InChI is InChI=1S/C14H17ClN4/c15-9-14(17)18-12-8-11(10-16)4-5-13(12)19-6-2-1-3-7-19/h4-5,8H,1-3,6-7,9H2,(H2,17,18). The highest BCUT2D eigenvalue weighted by Crippen LogP contribution is 2.31. The fraction of sp³-hybridized carbons (Fsp3) is 0.429. The summed E-state index contributed by atoms with van der Waals surface area (Å²) in [5.41, 5.74) is 8.07. The van der Waals surface area contributed by atoms with Crippen LogP contribution in [0.1, 0.15) is 24.8 Å². The number of nitrogens with two attached hydrogens (primary N) is 1. The number of anilines is 1. The topological polar surface area (TPSA) is 65.4 Å². The van der Waals surface area contributed by atoms with Gasteiger partial charge in [-0.3, -0.25) is 0 Å². The van der Waals surface area contributed by atoms with Gasteiger partial charge in [-0.2, -0.15) is 5.26 Å². The van der Waals surface area contributed by atoms with Crippen LogP contribution in [0.4, 0.5) is 11.4 Å². The lowest BCUT2D eigenvalue weighted by molar-refractivity contribution is 0.578. The van der Waals surface area contributed by atoms with Crippen LogP contribution in [-0.4, -0.2) is 24.8 Å². The van der Waals surface area contributed by atoms with Crippen molar-refractivity contribution in [1.29, 1.82) is 5.26 Å². The lowest BCUT2D eigenvalue weighted by atomic mass is 10.1. The maximum Gasteiger partial charge on any atom is 0.115 e. The number of alkyl halides is 1. The Bertz CT molecular complexity index is 513. The van der Waals surface area contributed by atoms with Gasteiger partial charge in [-0.05, 0) is 37.5 Å². The molecule has 0 aromatic heterocycles. The Morgan fingerprint density at radius 2 is 2.11 bits per heavy atom. The summed E-state index contributed by atoms with van der Waals surface area (Å²) in [5.74, 6) is 0.561. The van der Waals surface area contributed by atoms with Crippen LogP contribution in [0.2, 0.25) is 0 Å². The molecule has 1 fully saturated rings. The van der Waals surface area contributed by atoms with Crippen molar-refractivity contribution in [2.75, 3.05) is 23.9 Å². The molecule has 1 saturated heterocycles. The van der Waals surface area contributed by atoms with Crippen LogP contribution in [0.5, 0.6) is 0 Å². The van der Waals surface area contributed by atoms with E-state index in [-0.39, 0.29) is 5.88 Å². The Balaban J connectivity index is 2.38. The minimum atomic E-state index is 0.191. The third-order valence-electron chi connectivity index (χ3n) is 3.20. The predicted octanol–water partition coefficient (Wildman–Crippen LogP) is 2.78. The molecule has 5 heteroatoms. The smallest absolute Gasteiger partial charge is 0.115 e. The molecule has 0 radical (unpaired) electrons. The first-order chi connectivity index (χ1) is 9.24. The highest BCUT2D eigenvalue weighted by atomic mass is 35.5. The summed E-state index contributed by atoms with van der Waals surface area (Å²) in [5, 5.41) is 8.99. The van der Waals surface area contributed by atoms with Crippen molar-refractivity contribution in [3.05, 3.63) is 23.8 Å². The molecule has 0 aliphatic carbocycles. The van der Waals surface area contributed by atoms with Gasteiger partial charge in [0.25, 0.3) is 0 Å². The third-order valence-corrected chi connectivity index (χ3v) is 3.48. The number of rotatable bonds is 3. The van der Waals surface area contributed by atoms with Gasteiger partial charge in [-0.15, -0.1) is 11.6 Å². The summed E-state index contributed by atoms with van der Waals surface area (Å²) in [6, 6.07) is 7.66. The number of nitrogens with zero attached hydrogens (tertiary/aromatic N) is 3. The normalized spacial score (nSPS) is 16.2. The number of halogens is 1. The summed E-state index contributed by atoms with van der Waals surface area (Å²) in [7, 11) is 0. The molecule has 1 aliphatic heterocycles. The van der Waals surface area contributed by atoms with E-state index in [1.54, 1.807) is 6.07 Å². The van der Waals surface area contributed by atoms with Crippen molar-refractivity contribution in [2.24, 2.45) is 10.7 Å². The zero-order valence-electron chi connectivity index (χ0n) is 10.8. The van der Waals surface area contributed by atoms with E-state index in [1.807, 2.05) is 12.1 Å². The molecule has 19 heavy (non-hydrogen) atoms. The van der Waals surface area contributed by atoms with Gasteiger partial charge in [0.1, 0.15) is 5.84 Å². The van der Waals surface area contributed by atoms with Gasteiger partial charge in [0.05, 0.1) is 28.9 Å². The molecule has 0 spiro atoms. The lowest BCUT2D eigenvalue weighted by Crippen LogP contribution is -2.29. The Morgan fingerprint density at radius 3 is 2.74 bits per heavy atom. The summed E-state index contributed by atoms with van der Waals surface area (Å²) in [6.07, 6.45) is 3.65. The molecule has 0 amide bonds. The first-order valence-corrected chi connectivity index (χ1v) is 6.96. The largest absolute Gasteiger partial charge is 0.386 e. The van der Waals surface area contributed by atoms with Crippen LogP contribution in [0, 0.1) is 11.3 Å². The van der Waals surface area contributed by atoms with Crippen LogP contribution >= 0.6 is 11.6 Å². The molecule has 0 bridgehead atoms. The monoisotopic (exact) mass is 276 g/mol. The summed E-state index contributed by atoms with van der Waals surface area (Å²) in [6.45, 7) is 2.05. The molecule has 0 atom stereocenters. The van der Waals surface area contributed by atoms with Crippen LogP contribution in [-0.2, 0) is 0 Å². The van der Waals surface area contributed by atoms with Crippen molar-refractivity contribution in [1.82, 2.24) is 0 Å². The second kappa shape index (κ2) is 6.44. The van der Waals surface area contributed by atoms with E-state index in [0.29, 0.717) is 11.4 Å². The first kappa shape index (κ1) is 13.7. The average Bonchev–Trinajstić information content (AvgIpc) is 2.48. The minimum Gasteiger partial charge on any atom is -0.386 e. The quantitative estimate of drug-likeness (QED) is 0.524. The van der Waals surface area contributed by atoms with E-state index < -0.39 is 0 Å². The number of nitriles is 1. The molecular weight excluding hydrogens is 260 g/mol. The molecule has 1 aliphatic rings. The number of piperidine rings is 1. The fourth-order valence-corrected chi connectivity index (χ4v) is 2.33. The van der Waals surface area contributed by atoms with Crippen LogP contribution in [0.25, 0.3) is 0 Å². The molecule has 1 aromatic carbocycles. The van der Waals surface area contributed by atoms with Gasteiger partial charge in [0.15, 0.2) is 0 Å². The van der Waals surface area contributed by atoms with Gasteiger partial charge in [-0.1, -0.05) is 0 Å². The maximum atomic E-state index is 8.99. The predicted molar refractivity (Wildman–Crippen MR) is 79.2 cm³/mol. The van der Waals surface area contributed by atoms with Crippen molar-refractivity contribution in [3.8, 4) is 6.07 Å². The Kier molecular flexibility index (Phi) is 4.64. The molecule has 2 N–H and O–H groups in total. The molecule has 0 unspecified atom stereocenters. The second-order valence-electron chi connectivity index (χ2n) is 4.60. The van der Waals surface area contributed by atoms with Gasteiger partial charge in [0, 0.05) is 13.1 Å². The zero-order chi connectivity index (χ0) is 13.7. The van der Waals surface area contributed by atoms with Gasteiger partial charge in [-0.25, -0.2) is 4.99 Å². The zero-order valence-corrected chi connectivity index (χ0v) is 11.5. The number of aliphatic imine (C=N–C) groups is 1. The van der Waals surface area contributed by atoms with Gasteiger partial charge in [0.2, 0.25) is 0 Å². The SMILES string of the molecule is N#Cc1ccc(N2CCCCC2)c(N=C(N)CCl)c1. The lowest BCUT2D eigenvalue weighted by Gasteiger charge is -2.29. The van der Waals surface area contributed by atoms with E-state index in [0.717, 1.165) is 24.5 Å². The second-order valence-corrected chi connectivity index (χ2v) is 4.87. The average molecular weight is 277 g/mol. The van der Waals surface area contributed by atoms with E-state index in [4.69, 9.17) is 22.6 Å². The summed E-state index contributed by atoms with van der Waals surface area (Å²) < 4.78 is 0.